The van der Waals surface area contributed by atoms with E-state index in [0.717, 1.165) is 22.8 Å². The third-order valence-corrected chi connectivity index (χ3v) is 4.01. The summed E-state index contributed by atoms with van der Waals surface area (Å²) in [5, 5.41) is 14.4. The Morgan fingerprint density at radius 1 is 0.889 bits per heavy atom. The Morgan fingerprint density at radius 2 is 1.63 bits per heavy atom. The topological polar surface area (TPSA) is 84.4 Å². The predicted molar refractivity (Wildman–Crippen MR) is 105 cm³/mol. The summed E-state index contributed by atoms with van der Waals surface area (Å²) in [6.45, 7) is 1.12. The van der Waals surface area contributed by atoms with E-state index in [9.17, 15) is 0 Å². The smallest absolute Gasteiger partial charge is 0.249 e. The number of anilines is 5. The fraction of sp³-hybridized carbons (Fsp3) is 0.211. The van der Waals surface area contributed by atoms with Crippen LogP contribution in [0.15, 0.2) is 48.7 Å². The number of rotatable bonds is 5. The molecule has 2 N–H and O–H groups in total. The minimum atomic E-state index is 0.412. The largest absolute Gasteiger partial charge is 0.486 e. The summed E-state index contributed by atoms with van der Waals surface area (Å²) in [6.07, 6.45) is 1.57. The Labute approximate surface area is 157 Å². The first-order chi connectivity index (χ1) is 13.2. The number of fused-ring (bicyclic) bond motifs is 1. The van der Waals surface area contributed by atoms with Crippen molar-refractivity contribution in [2.45, 2.75) is 0 Å². The van der Waals surface area contributed by atoms with Crippen LogP contribution >= 0.6 is 0 Å². The quantitative estimate of drug-likeness (QED) is 0.714. The summed E-state index contributed by atoms with van der Waals surface area (Å²) >= 11 is 0. The van der Waals surface area contributed by atoms with Gasteiger partial charge in [-0.1, -0.05) is 0 Å². The van der Waals surface area contributed by atoms with E-state index in [-0.39, 0.29) is 0 Å². The highest BCUT2D eigenvalue weighted by molar-refractivity contribution is 5.63. The summed E-state index contributed by atoms with van der Waals surface area (Å²) in [5.41, 5.74) is 2.84. The van der Waals surface area contributed by atoms with Crippen molar-refractivity contribution in [1.82, 2.24) is 15.2 Å². The Bertz CT molecular complexity index is 930. The molecule has 0 amide bonds. The summed E-state index contributed by atoms with van der Waals surface area (Å²) in [4.78, 5) is 6.50. The SMILES string of the molecule is CN(C)c1ccc(Nc2nncc(Nc3ccc4c(c3)OCCO4)n2)cc1. The molecule has 0 saturated heterocycles. The van der Waals surface area contributed by atoms with Crippen LogP contribution in [0.3, 0.4) is 0 Å². The zero-order valence-corrected chi connectivity index (χ0v) is 15.1. The number of hydrogen-bond donors (Lipinski definition) is 2. The van der Waals surface area contributed by atoms with E-state index in [1.54, 1.807) is 6.20 Å². The minimum absolute atomic E-state index is 0.412. The molecular formula is C19H20N6O2. The molecular weight excluding hydrogens is 344 g/mol. The van der Waals surface area contributed by atoms with Gasteiger partial charge >= 0.3 is 0 Å². The van der Waals surface area contributed by atoms with Gasteiger partial charge in [0.15, 0.2) is 17.3 Å². The zero-order chi connectivity index (χ0) is 18.6. The van der Waals surface area contributed by atoms with Gasteiger partial charge in [-0.25, -0.2) is 0 Å². The molecule has 0 aliphatic carbocycles. The van der Waals surface area contributed by atoms with E-state index < -0.39 is 0 Å². The molecule has 0 spiro atoms. The van der Waals surface area contributed by atoms with Gasteiger partial charge in [0.25, 0.3) is 0 Å². The van der Waals surface area contributed by atoms with Crippen LogP contribution in [0.1, 0.15) is 0 Å². The molecule has 1 aromatic heterocycles. The Kier molecular flexibility index (Phi) is 4.61. The molecule has 2 heterocycles. The number of benzene rings is 2. The molecule has 3 aromatic rings. The first kappa shape index (κ1) is 16.9. The van der Waals surface area contributed by atoms with Crippen LogP contribution in [0.4, 0.5) is 28.8 Å². The van der Waals surface area contributed by atoms with Crippen molar-refractivity contribution in [1.29, 1.82) is 0 Å². The van der Waals surface area contributed by atoms with Gasteiger partial charge in [0.1, 0.15) is 13.2 Å². The van der Waals surface area contributed by atoms with E-state index in [2.05, 4.69) is 25.8 Å². The summed E-state index contributed by atoms with van der Waals surface area (Å²) in [6, 6.07) is 13.6. The fourth-order valence-corrected chi connectivity index (χ4v) is 2.66. The number of ether oxygens (including phenoxy) is 2. The molecule has 27 heavy (non-hydrogen) atoms. The first-order valence-electron chi connectivity index (χ1n) is 8.58. The van der Waals surface area contributed by atoms with Gasteiger partial charge in [0.05, 0.1) is 6.20 Å². The monoisotopic (exact) mass is 364 g/mol. The lowest BCUT2D eigenvalue weighted by Crippen LogP contribution is -2.15. The number of nitrogens with one attached hydrogen (secondary N) is 2. The molecule has 0 unspecified atom stereocenters. The van der Waals surface area contributed by atoms with Gasteiger partial charge in [-0.3, -0.25) is 0 Å². The Morgan fingerprint density at radius 3 is 2.41 bits per heavy atom. The van der Waals surface area contributed by atoms with E-state index in [1.165, 1.54) is 0 Å². The molecule has 0 radical (unpaired) electrons. The van der Waals surface area contributed by atoms with Crippen molar-refractivity contribution < 1.29 is 9.47 Å². The third kappa shape index (κ3) is 4.00. The van der Waals surface area contributed by atoms with Gasteiger partial charge in [0.2, 0.25) is 5.95 Å². The Balaban J connectivity index is 1.47. The lowest BCUT2D eigenvalue weighted by atomic mass is 10.2. The highest BCUT2D eigenvalue weighted by atomic mass is 16.6. The molecule has 0 saturated carbocycles. The third-order valence-electron chi connectivity index (χ3n) is 4.01. The zero-order valence-electron chi connectivity index (χ0n) is 15.1. The van der Waals surface area contributed by atoms with E-state index in [4.69, 9.17) is 9.47 Å². The van der Waals surface area contributed by atoms with Crippen LogP contribution in [-0.2, 0) is 0 Å². The molecule has 138 valence electrons. The van der Waals surface area contributed by atoms with E-state index >= 15 is 0 Å². The van der Waals surface area contributed by atoms with Crippen molar-refractivity contribution in [3.63, 3.8) is 0 Å². The van der Waals surface area contributed by atoms with Gasteiger partial charge in [-0.05, 0) is 36.4 Å². The van der Waals surface area contributed by atoms with Gasteiger partial charge in [-0.15, -0.1) is 5.10 Å². The maximum Gasteiger partial charge on any atom is 0.249 e. The van der Waals surface area contributed by atoms with Crippen molar-refractivity contribution in [2.24, 2.45) is 0 Å². The van der Waals surface area contributed by atoms with Crippen LogP contribution in [0.25, 0.3) is 0 Å². The standard InChI is InChI=1S/C19H20N6O2/c1-25(2)15-6-3-13(4-7-15)22-19-23-18(12-20-24-19)21-14-5-8-16-17(11-14)27-10-9-26-16/h3-8,11-12H,9-10H2,1-2H3,(H2,21,22,23,24). The van der Waals surface area contributed by atoms with Crippen LogP contribution in [0.2, 0.25) is 0 Å². The lowest BCUT2D eigenvalue weighted by Gasteiger charge is -2.19. The summed E-state index contributed by atoms with van der Waals surface area (Å²) in [7, 11) is 4.00. The fourth-order valence-electron chi connectivity index (χ4n) is 2.66. The molecule has 0 bridgehead atoms. The Hall–Kier alpha value is -3.55. The maximum atomic E-state index is 5.60. The number of nitrogens with zero attached hydrogens (tertiary/aromatic N) is 4. The lowest BCUT2D eigenvalue weighted by molar-refractivity contribution is 0.171. The van der Waals surface area contributed by atoms with Crippen LogP contribution in [-0.4, -0.2) is 42.5 Å². The second-order valence-corrected chi connectivity index (χ2v) is 6.21. The van der Waals surface area contributed by atoms with Gasteiger partial charge < -0.3 is 25.0 Å². The van der Waals surface area contributed by atoms with Gasteiger partial charge in [-0.2, -0.15) is 10.1 Å². The van der Waals surface area contributed by atoms with E-state index in [0.29, 0.717) is 30.7 Å². The molecule has 2 aromatic carbocycles. The average Bonchev–Trinajstić information content (AvgIpc) is 2.69. The van der Waals surface area contributed by atoms with Crippen molar-refractivity contribution >= 4 is 28.8 Å². The second-order valence-electron chi connectivity index (χ2n) is 6.21. The molecule has 8 nitrogen and oxygen atoms in total. The van der Waals surface area contributed by atoms with Crippen LogP contribution < -0.4 is 25.0 Å². The van der Waals surface area contributed by atoms with Crippen LogP contribution in [0, 0.1) is 0 Å². The number of hydrogen-bond acceptors (Lipinski definition) is 8. The molecule has 4 rings (SSSR count). The van der Waals surface area contributed by atoms with Crippen molar-refractivity contribution in [2.75, 3.05) is 42.8 Å². The normalized spacial score (nSPS) is 12.4. The first-order valence-corrected chi connectivity index (χ1v) is 8.58. The molecule has 1 aliphatic rings. The summed E-state index contributed by atoms with van der Waals surface area (Å²) < 4.78 is 11.1. The second kappa shape index (κ2) is 7.36. The highest BCUT2D eigenvalue weighted by Crippen LogP contribution is 2.33. The predicted octanol–water partition coefficient (Wildman–Crippen LogP) is 3.20. The van der Waals surface area contributed by atoms with Crippen LogP contribution in [0.5, 0.6) is 11.5 Å². The van der Waals surface area contributed by atoms with E-state index in [1.807, 2.05) is 61.5 Å². The maximum absolute atomic E-state index is 5.60. The number of aromatic nitrogens is 3. The average molecular weight is 364 g/mol. The molecule has 1 aliphatic heterocycles. The summed E-state index contributed by atoms with van der Waals surface area (Å²) in [5.74, 6) is 2.45. The minimum Gasteiger partial charge on any atom is -0.486 e. The molecule has 8 heteroatoms. The van der Waals surface area contributed by atoms with Gasteiger partial charge in [0, 0.05) is 37.2 Å². The highest BCUT2D eigenvalue weighted by Gasteiger charge is 2.12. The molecule has 0 fully saturated rings. The van der Waals surface area contributed by atoms with Crippen molar-refractivity contribution in [3.8, 4) is 11.5 Å². The molecule has 0 atom stereocenters. The van der Waals surface area contributed by atoms with Crippen molar-refractivity contribution in [3.05, 3.63) is 48.7 Å².